The molecule has 0 bridgehead atoms. The average Bonchev–Trinajstić information content (AvgIpc) is 3.20. The Balaban J connectivity index is 2.08. The number of hydrazine groups is 1. The van der Waals surface area contributed by atoms with E-state index < -0.39 is 0 Å². The van der Waals surface area contributed by atoms with Crippen LogP contribution in [0.3, 0.4) is 0 Å². The van der Waals surface area contributed by atoms with E-state index in [1.165, 1.54) is 18.9 Å². The number of nitrogens with two attached hydrogens (primary N) is 1. The molecular weight excluding hydrogens is 243 g/mol. The Kier molecular flexibility index (Phi) is 4.91. The SMILES string of the molecule is CCOC(C1CC1)C(Cc1ccc(F)cc1C)NN. The Labute approximate surface area is 114 Å². The fourth-order valence-corrected chi connectivity index (χ4v) is 2.59. The van der Waals surface area contributed by atoms with Gasteiger partial charge >= 0.3 is 0 Å². The van der Waals surface area contributed by atoms with Crippen LogP contribution in [0.4, 0.5) is 4.39 Å². The first-order valence-corrected chi connectivity index (χ1v) is 6.98. The number of hydrogen-bond acceptors (Lipinski definition) is 3. The molecule has 106 valence electrons. The van der Waals surface area contributed by atoms with Crippen LogP contribution in [0.5, 0.6) is 0 Å². The van der Waals surface area contributed by atoms with Crippen molar-refractivity contribution >= 4 is 0 Å². The smallest absolute Gasteiger partial charge is 0.123 e. The summed E-state index contributed by atoms with van der Waals surface area (Å²) in [6.45, 7) is 4.63. The Bertz CT molecular complexity index is 421. The van der Waals surface area contributed by atoms with Gasteiger partial charge in [-0.25, -0.2) is 4.39 Å². The van der Waals surface area contributed by atoms with Crippen LogP contribution >= 0.6 is 0 Å². The predicted octanol–water partition coefficient (Wildman–Crippen LogP) is 2.32. The van der Waals surface area contributed by atoms with Crippen molar-refractivity contribution in [1.82, 2.24) is 5.43 Å². The van der Waals surface area contributed by atoms with Crippen molar-refractivity contribution in [3.8, 4) is 0 Å². The lowest BCUT2D eigenvalue weighted by atomic mass is 9.96. The first kappa shape index (κ1) is 14.4. The van der Waals surface area contributed by atoms with Gasteiger partial charge in [0.1, 0.15) is 5.82 Å². The second kappa shape index (κ2) is 6.46. The molecule has 0 aliphatic heterocycles. The summed E-state index contributed by atoms with van der Waals surface area (Å²) < 4.78 is 19.0. The van der Waals surface area contributed by atoms with Gasteiger partial charge in [0.25, 0.3) is 0 Å². The highest BCUT2D eigenvalue weighted by Gasteiger charge is 2.37. The molecule has 1 fully saturated rings. The van der Waals surface area contributed by atoms with Crippen molar-refractivity contribution in [3.63, 3.8) is 0 Å². The normalized spacial score (nSPS) is 18.3. The maximum atomic E-state index is 13.1. The van der Waals surface area contributed by atoms with E-state index in [9.17, 15) is 4.39 Å². The molecule has 0 saturated heterocycles. The molecule has 0 aromatic heterocycles. The monoisotopic (exact) mass is 266 g/mol. The van der Waals surface area contributed by atoms with E-state index in [-0.39, 0.29) is 18.0 Å². The molecule has 1 saturated carbocycles. The maximum absolute atomic E-state index is 13.1. The largest absolute Gasteiger partial charge is 0.377 e. The topological polar surface area (TPSA) is 47.3 Å². The molecule has 2 atom stereocenters. The molecule has 1 aromatic carbocycles. The number of nitrogens with one attached hydrogen (secondary N) is 1. The zero-order valence-electron chi connectivity index (χ0n) is 11.7. The molecule has 0 radical (unpaired) electrons. The number of benzene rings is 1. The highest BCUT2D eigenvalue weighted by molar-refractivity contribution is 5.27. The Morgan fingerprint density at radius 3 is 2.74 bits per heavy atom. The molecule has 0 spiro atoms. The molecule has 2 unspecified atom stereocenters. The highest BCUT2D eigenvalue weighted by atomic mass is 19.1. The maximum Gasteiger partial charge on any atom is 0.123 e. The van der Waals surface area contributed by atoms with Crippen molar-refractivity contribution < 1.29 is 9.13 Å². The molecule has 1 aromatic rings. The van der Waals surface area contributed by atoms with Crippen LogP contribution in [0.1, 0.15) is 30.9 Å². The summed E-state index contributed by atoms with van der Waals surface area (Å²) in [6.07, 6.45) is 3.35. The first-order chi connectivity index (χ1) is 9.15. The number of halogens is 1. The quantitative estimate of drug-likeness (QED) is 0.588. The van der Waals surface area contributed by atoms with Crippen LogP contribution in [-0.4, -0.2) is 18.8 Å². The van der Waals surface area contributed by atoms with Gasteiger partial charge in [-0.2, -0.15) is 0 Å². The van der Waals surface area contributed by atoms with Crippen molar-refractivity contribution in [1.29, 1.82) is 0 Å². The second-order valence-corrected chi connectivity index (χ2v) is 5.31. The van der Waals surface area contributed by atoms with Gasteiger partial charge in [-0.1, -0.05) is 6.07 Å². The van der Waals surface area contributed by atoms with E-state index in [1.54, 1.807) is 6.07 Å². The van der Waals surface area contributed by atoms with Crippen molar-refractivity contribution in [2.45, 2.75) is 45.3 Å². The number of aryl methyl sites for hydroxylation is 1. The van der Waals surface area contributed by atoms with Gasteiger partial charge in [-0.15, -0.1) is 0 Å². The summed E-state index contributed by atoms with van der Waals surface area (Å²) in [5, 5.41) is 0. The Morgan fingerprint density at radius 2 is 2.21 bits per heavy atom. The minimum Gasteiger partial charge on any atom is -0.377 e. The molecule has 4 heteroatoms. The number of rotatable bonds is 7. The standard InChI is InChI=1S/C15H23FN2O/c1-3-19-15(11-4-5-11)14(18-17)9-12-6-7-13(16)8-10(12)2/h6-8,11,14-15,18H,3-5,9,17H2,1-2H3. The molecule has 0 amide bonds. The number of hydrogen-bond donors (Lipinski definition) is 2. The third-order valence-electron chi connectivity index (χ3n) is 3.80. The summed E-state index contributed by atoms with van der Waals surface area (Å²) in [6, 6.07) is 4.99. The predicted molar refractivity (Wildman–Crippen MR) is 74.1 cm³/mol. The summed E-state index contributed by atoms with van der Waals surface area (Å²) >= 11 is 0. The molecule has 3 nitrogen and oxygen atoms in total. The van der Waals surface area contributed by atoms with E-state index >= 15 is 0 Å². The molecule has 3 N–H and O–H groups in total. The van der Waals surface area contributed by atoms with Crippen LogP contribution in [0.2, 0.25) is 0 Å². The third kappa shape index (κ3) is 3.75. The third-order valence-corrected chi connectivity index (χ3v) is 3.80. The Morgan fingerprint density at radius 1 is 1.47 bits per heavy atom. The van der Waals surface area contributed by atoms with E-state index in [0.29, 0.717) is 12.5 Å². The van der Waals surface area contributed by atoms with Gasteiger partial charge in [-0.05, 0) is 62.3 Å². The molecule has 2 rings (SSSR count). The lowest BCUT2D eigenvalue weighted by Crippen LogP contribution is -2.47. The molecular formula is C15H23FN2O. The van der Waals surface area contributed by atoms with Gasteiger partial charge in [0.2, 0.25) is 0 Å². The summed E-state index contributed by atoms with van der Waals surface area (Å²) in [4.78, 5) is 0. The number of ether oxygens (including phenoxy) is 1. The van der Waals surface area contributed by atoms with Crippen LogP contribution in [0, 0.1) is 18.7 Å². The van der Waals surface area contributed by atoms with Gasteiger partial charge in [-0.3, -0.25) is 11.3 Å². The van der Waals surface area contributed by atoms with E-state index in [0.717, 1.165) is 17.5 Å². The minimum atomic E-state index is -0.193. The average molecular weight is 266 g/mol. The zero-order chi connectivity index (χ0) is 13.8. The lowest BCUT2D eigenvalue weighted by molar-refractivity contribution is 0.0191. The minimum absolute atomic E-state index is 0.0802. The van der Waals surface area contributed by atoms with Gasteiger partial charge < -0.3 is 4.74 Å². The van der Waals surface area contributed by atoms with E-state index in [4.69, 9.17) is 10.6 Å². The molecule has 1 aliphatic carbocycles. The van der Waals surface area contributed by atoms with Crippen LogP contribution in [-0.2, 0) is 11.2 Å². The molecule has 1 aliphatic rings. The summed E-state index contributed by atoms with van der Waals surface area (Å²) in [7, 11) is 0. The second-order valence-electron chi connectivity index (χ2n) is 5.31. The van der Waals surface area contributed by atoms with Crippen LogP contribution < -0.4 is 11.3 Å². The Hall–Kier alpha value is -0.970. The van der Waals surface area contributed by atoms with Gasteiger partial charge in [0.15, 0.2) is 0 Å². The van der Waals surface area contributed by atoms with Gasteiger partial charge in [0.05, 0.1) is 12.1 Å². The lowest BCUT2D eigenvalue weighted by Gasteiger charge is -2.27. The molecule has 0 heterocycles. The van der Waals surface area contributed by atoms with Gasteiger partial charge in [0, 0.05) is 6.61 Å². The zero-order valence-corrected chi connectivity index (χ0v) is 11.7. The van der Waals surface area contributed by atoms with Crippen molar-refractivity contribution in [2.24, 2.45) is 11.8 Å². The van der Waals surface area contributed by atoms with E-state index in [2.05, 4.69) is 5.43 Å². The first-order valence-electron chi connectivity index (χ1n) is 6.98. The van der Waals surface area contributed by atoms with Crippen LogP contribution in [0.25, 0.3) is 0 Å². The van der Waals surface area contributed by atoms with Crippen LogP contribution in [0.15, 0.2) is 18.2 Å². The fraction of sp³-hybridized carbons (Fsp3) is 0.600. The summed E-state index contributed by atoms with van der Waals surface area (Å²) in [5.41, 5.74) is 4.96. The molecule has 19 heavy (non-hydrogen) atoms. The summed E-state index contributed by atoms with van der Waals surface area (Å²) in [5.74, 6) is 6.11. The van der Waals surface area contributed by atoms with E-state index in [1.807, 2.05) is 19.9 Å². The van der Waals surface area contributed by atoms with Crippen molar-refractivity contribution in [2.75, 3.05) is 6.61 Å². The van der Waals surface area contributed by atoms with Crippen molar-refractivity contribution in [3.05, 3.63) is 35.1 Å². The fourth-order valence-electron chi connectivity index (χ4n) is 2.59. The highest BCUT2D eigenvalue weighted by Crippen LogP contribution is 2.36.